The van der Waals surface area contributed by atoms with Crippen molar-refractivity contribution in [2.45, 2.75) is 32.7 Å². The van der Waals surface area contributed by atoms with E-state index in [0.717, 1.165) is 33.5 Å². The Morgan fingerprint density at radius 2 is 1.76 bits per heavy atom. The fourth-order valence-electron chi connectivity index (χ4n) is 3.43. The summed E-state index contributed by atoms with van der Waals surface area (Å²) in [7, 11) is 0. The lowest BCUT2D eigenvalue weighted by atomic mass is 9.87. The van der Waals surface area contributed by atoms with Crippen molar-refractivity contribution >= 4 is 46.2 Å². The predicted molar refractivity (Wildman–Crippen MR) is 138 cm³/mol. The molecule has 1 heterocycles. The second-order valence-electron chi connectivity index (χ2n) is 8.99. The predicted octanol–water partition coefficient (Wildman–Crippen LogP) is 7.16. The van der Waals surface area contributed by atoms with Crippen LogP contribution in [0, 0.1) is 0 Å². The first-order valence-corrected chi connectivity index (χ1v) is 11.5. The molecule has 4 nitrogen and oxygen atoms in total. The van der Waals surface area contributed by atoms with E-state index in [0.29, 0.717) is 16.6 Å². The molecule has 0 saturated heterocycles. The number of aromatic nitrogens is 2. The van der Waals surface area contributed by atoms with E-state index in [9.17, 15) is 4.79 Å². The maximum absolute atomic E-state index is 12.2. The number of carbonyl (C=O) groups excluding carboxylic acids is 1. The summed E-state index contributed by atoms with van der Waals surface area (Å²) in [4.78, 5) is 20.3. The van der Waals surface area contributed by atoms with Crippen molar-refractivity contribution < 1.29 is 4.79 Å². The molecule has 1 amide bonds. The van der Waals surface area contributed by atoms with Crippen LogP contribution in [0.2, 0.25) is 10.0 Å². The van der Waals surface area contributed by atoms with Crippen molar-refractivity contribution in [2.24, 2.45) is 0 Å². The van der Waals surface area contributed by atoms with Gasteiger partial charge in [0.25, 0.3) is 0 Å². The summed E-state index contributed by atoms with van der Waals surface area (Å²) in [6.07, 6.45) is 3.30. The number of imidazole rings is 1. The number of nitrogens with one attached hydrogen (secondary N) is 2. The van der Waals surface area contributed by atoms with Gasteiger partial charge in [-0.3, -0.25) is 4.79 Å². The maximum atomic E-state index is 12.2. The average Bonchev–Trinajstić information content (AvgIpc) is 3.22. The Bertz CT molecular complexity index is 1330. The molecule has 0 bridgehead atoms. The Labute approximate surface area is 203 Å². The molecule has 1 aromatic heterocycles. The second-order valence-corrected chi connectivity index (χ2v) is 9.80. The van der Waals surface area contributed by atoms with Crippen LogP contribution in [0.3, 0.4) is 0 Å². The van der Waals surface area contributed by atoms with Crippen LogP contribution < -0.4 is 5.32 Å². The molecule has 6 heteroatoms. The Kier molecular flexibility index (Phi) is 6.59. The normalized spacial score (nSPS) is 11.9. The SMILES string of the molecule is CC(C)(C)c1ccc2nc(-c3ccc(/C=C/C(=O)NCc4ccc(Cl)c(Cl)c4)cc3)[nH]c2c1. The summed E-state index contributed by atoms with van der Waals surface area (Å²) >= 11 is 11.9. The van der Waals surface area contributed by atoms with E-state index in [2.05, 4.69) is 49.3 Å². The minimum Gasteiger partial charge on any atom is -0.348 e. The zero-order chi connectivity index (χ0) is 23.6. The summed E-state index contributed by atoms with van der Waals surface area (Å²) in [6, 6.07) is 19.6. The standard InChI is InChI=1S/C27H25Cl2N3O/c1-27(2,3)20-10-12-23-24(15-20)32-26(31-23)19-8-4-17(5-9-19)7-13-25(33)30-16-18-6-11-21(28)22(29)14-18/h4-15H,16H2,1-3H3,(H,30,33)(H,31,32)/b13-7+. The molecule has 3 aromatic carbocycles. The van der Waals surface area contributed by atoms with Gasteiger partial charge in [-0.05, 0) is 52.4 Å². The van der Waals surface area contributed by atoms with Crippen LogP contribution >= 0.6 is 23.2 Å². The molecule has 168 valence electrons. The summed E-state index contributed by atoms with van der Waals surface area (Å²) in [6.45, 7) is 6.98. The molecule has 0 spiro atoms. The van der Waals surface area contributed by atoms with Gasteiger partial charge in [0.1, 0.15) is 5.82 Å². The van der Waals surface area contributed by atoms with Gasteiger partial charge in [-0.1, -0.05) is 80.4 Å². The lowest BCUT2D eigenvalue weighted by Gasteiger charge is -2.18. The second kappa shape index (κ2) is 9.42. The first-order chi connectivity index (χ1) is 15.7. The first kappa shape index (κ1) is 23.1. The Morgan fingerprint density at radius 1 is 1.00 bits per heavy atom. The van der Waals surface area contributed by atoms with E-state index in [1.807, 2.05) is 30.3 Å². The molecular weight excluding hydrogens is 453 g/mol. The van der Waals surface area contributed by atoms with Gasteiger partial charge in [-0.25, -0.2) is 4.98 Å². The van der Waals surface area contributed by atoms with Gasteiger partial charge in [0.2, 0.25) is 5.91 Å². The maximum Gasteiger partial charge on any atom is 0.244 e. The third-order valence-electron chi connectivity index (χ3n) is 5.41. The fourth-order valence-corrected chi connectivity index (χ4v) is 3.76. The largest absolute Gasteiger partial charge is 0.348 e. The molecule has 0 unspecified atom stereocenters. The Hall–Kier alpha value is -3.08. The van der Waals surface area contributed by atoms with Gasteiger partial charge in [0.05, 0.1) is 21.1 Å². The van der Waals surface area contributed by atoms with Gasteiger partial charge < -0.3 is 10.3 Å². The molecule has 0 aliphatic rings. The molecule has 4 rings (SSSR count). The quantitative estimate of drug-likeness (QED) is 0.299. The number of hydrogen-bond donors (Lipinski definition) is 2. The van der Waals surface area contributed by atoms with E-state index >= 15 is 0 Å². The zero-order valence-electron chi connectivity index (χ0n) is 18.7. The van der Waals surface area contributed by atoms with Crippen LogP contribution in [0.25, 0.3) is 28.5 Å². The molecule has 33 heavy (non-hydrogen) atoms. The molecule has 0 saturated carbocycles. The number of rotatable bonds is 5. The molecule has 4 aromatic rings. The zero-order valence-corrected chi connectivity index (χ0v) is 20.3. The molecular formula is C27H25Cl2N3O. The van der Waals surface area contributed by atoms with Crippen LogP contribution in [0.5, 0.6) is 0 Å². The highest BCUT2D eigenvalue weighted by atomic mass is 35.5. The highest BCUT2D eigenvalue weighted by Gasteiger charge is 2.15. The highest BCUT2D eigenvalue weighted by Crippen LogP contribution is 2.27. The lowest BCUT2D eigenvalue weighted by molar-refractivity contribution is -0.116. The van der Waals surface area contributed by atoms with Crippen molar-refractivity contribution in [3.05, 3.63) is 93.5 Å². The van der Waals surface area contributed by atoms with Gasteiger partial charge in [0.15, 0.2) is 0 Å². The number of amides is 1. The van der Waals surface area contributed by atoms with E-state index in [1.54, 1.807) is 18.2 Å². The van der Waals surface area contributed by atoms with Crippen LogP contribution in [0.1, 0.15) is 37.5 Å². The van der Waals surface area contributed by atoms with Crippen molar-refractivity contribution in [1.29, 1.82) is 0 Å². The fraction of sp³-hybridized carbons (Fsp3) is 0.185. The van der Waals surface area contributed by atoms with Crippen molar-refractivity contribution in [3.63, 3.8) is 0 Å². The van der Waals surface area contributed by atoms with Crippen molar-refractivity contribution in [2.75, 3.05) is 0 Å². The number of hydrogen-bond acceptors (Lipinski definition) is 2. The van der Waals surface area contributed by atoms with Crippen molar-refractivity contribution in [3.8, 4) is 11.4 Å². The number of nitrogens with zero attached hydrogens (tertiary/aromatic N) is 1. The monoisotopic (exact) mass is 477 g/mol. The van der Waals surface area contributed by atoms with E-state index in [1.165, 1.54) is 11.6 Å². The molecule has 0 atom stereocenters. The summed E-state index contributed by atoms with van der Waals surface area (Å²) in [5, 5.41) is 3.80. The first-order valence-electron chi connectivity index (χ1n) is 10.7. The summed E-state index contributed by atoms with van der Waals surface area (Å²) < 4.78 is 0. The van der Waals surface area contributed by atoms with Crippen LogP contribution in [-0.4, -0.2) is 15.9 Å². The van der Waals surface area contributed by atoms with E-state index < -0.39 is 0 Å². The number of benzene rings is 3. The van der Waals surface area contributed by atoms with E-state index in [-0.39, 0.29) is 11.3 Å². The van der Waals surface area contributed by atoms with Gasteiger partial charge in [-0.15, -0.1) is 0 Å². The number of carbonyl (C=O) groups is 1. The number of fused-ring (bicyclic) bond motifs is 1. The third-order valence-corrected chi connectivity index (χ3v) is 6.15. The average molecular weight is 478 g/mol. The number of halogens is 2. The highest BCUT2D eigenvalue weighted by molar-refractivity contribution is 6.42. The summed E-state index contributed by atoms with van der Waals surface area (Å²) in [5.41, 5.74) is 6.13. The molecule has 0 aliphatic carbocycles. The third kappa shape index (κ3) is 5.65. The Morgan fingerprint density at radius 3 is 2.45 bits per heavy atom. The molecule has 2 N–H and O–H groups in total. The minimum atomic E-state index is -0.183. The lowest BCUT2D eigenvalue weighted by Crippen LogP contribution is -2.20. The molecule has 0 radical (unpaired) electrons. The van der Waals surface area contributed by atoms with Crippen LogP contribution in [-0.2, 0) is 16.8 Å². The molecule has 0 aliphatic heterocycles. The van der Waals surface area contributed by atoms with Gasteiger partial charge >= 0.3 is 0 Å². The number of aromatic amines is 1. The smallest absolute Gasteiger partial charge is 0.244 e. The topological polar surface area (TPSA) is 57.8 Å². The van der Waals surface area contributed by atoms with Crippen LogP contribution in [0.15, 0.2) is 66.7 Å². The van der Waals surface area contributed by atoms with Gasteiger partial charge in [-0.2, -0.15) is 0 Å². The molecule has 0 fully saturated rings. The van der Waals surface area contributed by atoms with Crippen molar-refractivity contribution in [1.82, 2.24) is 15.3 Å². The van der Waals surface area contributed by atoms with E-state index in [4.69, 9.17) is 28.2 Å². The Balaban J connectivity index is 1.41. The summed E-state index contributed by atoms with van der Waals surface area (Å²) in [5.74, 6) is 0.642. The van der Waals surface area contributed by atoms with Crippen LogP contribution in [0.4, 0.5) is 0 Å². The number of H-pyrrole nitrogens is 1. The minimum absolute atomic E-state index is 0.0849. The van der Waals surface area contributed by atoms with Gasteiger partial charge in [0, 0.05) is 18.2 Å².